The maximum Gasteiger partial charge on any atom is 0.108 e. The SMILES string of the molecule is N[C@H]1[C@H](O)[C@@H](O)[C@H](O)[C@H]1[C@@H](O)CO. The highest BCUT2D eigenvalue weighted by molar-refractivity contribution is 5.02. The number of rotatable bonds is 2. The van der Waals surface area contributed by atoms with Crippen LogP contribution in [0, 0.1) is 5.92 Å². The van der Waals surface area contributed by atoms with E-state index in [9.17, 15) is 20.4 Å². The Morgan fingerprint density at radius 1 is 1.08 bits per heavy atom. The van der Waals surface area contributed by atoms with E-state index in [1.807, 2.05) is 0 Å². The van der Waals surface area contributed by atoms with E-state index in [1.165, 1.54) is 0 Å². The summed E-state index contributed by atoms with van der Waals surface area (Å²) >= 11 is 0. The Balaban J connectivity index is 2.74. The number of nitrogens with two attached hydrogens (primary N) is 1. The Kier molecular flexibility index (Phi) is 3.23. The monoisotopic (exact) mass is 193 g/mol. The van der Waals surface area contributed by atoms with Crippen molar-refractivity contribution >= 4 is 0 Å². The smallest absolute Gasteiger partial charge is 0.108 e. The van der Waals surface area contributed by atoms with Crippen LogP contribution in [0.3, 0.4) is 0 Å². The summed E-state index contributed by atoms with van der Waals surface area (Å²) in [5, 5.41) is 45.6. The minimum absolute atomic E-state index is 0.561. The van der Waals surface area contributed by atoms with Gasteiger partial charge in [0.2, 0.25) is 0 Å². The molecule has 13 heavy (non-hydrogen) atoms. The van der Waals surface area contributed by atoms with Crippen molar-refractivity contribution in [2.45, 2.75) is 30.5 Å². The second kappa shape index (κ2) is 3.87. The average Bonchev–Trinajstić information content (AvgIpc) is 2.30. The van der Waals surface area contributed by atoms with E-state index in [0.717, 1.165) is 0 Å². The third-order valence-electron chi connectivity index (χ3n) is 2.56. The zero-order chi connectivity index (χ0) is 10.2. The molecule has 6 atom stereocenters. The summed E-state index contributed by atoms with van der Waals surface area (Å²) in [7, 11) is 0. The van der Waals surface area contributed by atoms with E-state index in [4.69, 9.17) is 10.8 Å². The molecule has 1 saturated carbocycles. The molecule has 0 aliphatic heterocycles. The first-order valence-electron chi connectivity index (χ1n) is 4.09. The predicted octanol–water partition coefficient (Wildman–Crippen LogP) is -3.62. The van der Waals surface area contributed by atoms with Crippen LogP contribution >= 0.6 is 0 Å². The van der Waals surface area contributed by atoms with Crippen LogP contribution in [0.2, 0.25) is 0 Å². The predicted molar refractivity (Wildman–Crippen MR) is 42.6 cm³/mol. The number of hydrogen-bond acceptors (Lipinski definition) is 6. The summed E-state index contributed by atoms with van der Waals surface area (Å²) in [4.78, 5) is 0. The highest BCUT2D eigenvalue weighted by Gasteiger charge is 2.49. The van der Waals surface area contributed by atoms with Crippen molar-refractivity contribution in [3.8, 4) is 0 Å². The van der Waals surface area contributed by atoms with Crippen LogP contribution in [-0.2, 0) is 0 Å². The molecule has 1 aliphatic rings. The molecule has 6 nitrogen and oxygen atoms in total. The van der Waals surface area contributed by atoms with Crippen LogP contribution in [0.15, 0.2) is 0 Å². The molecule has 0 saturated heterocycles. The topological polar surface area (TPSA) is 127 Å². The van der Waals surface area contributed by atoms with E-state index in [0.29, 0.717) is 0 Å². The third kappa shape index (κ3) is 1.69. The molecule has 1 aliphatic carbocycles. The first-order chi connectivity index (χ1) is 6.00. The molecule has 1 rings (SSSR count). The highest BCUT2D eigenvalue weighted by Crippen LogP contribution is 2.28. The van der Waals surface area contributed by atoms with Crippen LogP contribution in [0.1, 0.15) is 0 Å². The molecule has 0 spiro atoms. The van der Waals surface area contributed by atoms with Gasteiger partial charge in [0.1, 0.15) is 6.10 Å². The number of aliphatic hydroxyl groups excluding tert-OH is 5. The Hall–Kier alpha value is -0.240. The van der Waals surface area contributed by atoms with Gasteiger partial charge in [-0.3, -0.25) is 0 Å². The molecule has 0 aromatic carbocycles. The Labute approximate surface area is 75.2 Å². The van der Waals surface area contributed by atoms with E-state index in [-0.39, 0.29) is 0 Å². The Bertz CT molecular complexity index is 164. The van der Waals surface area contributed by atoms with Crippen molar-refractivity contribution < 1.29 is 25.5 Å². The van der Waals surface area contributed by atoms with Crippen LogP contribution < -0.4 is 5.73 Å². The molecule has 1 fully saturated rings. The van der Waals surface area contributed by atoms with Gasteiger partial charge < -0.3 is 31.3 Å². The summed E-state index contributed by atoms with van der Waals surface area (Å²) in [5.41, 5.74) is 5.44. The quantitative estimate of drug-likeness (QED) is 0.269. The Morgan fingerprint density at radius 3 is 1.92 bits per heavy atom. The van der Waals surface area contributed by atoms with Crippen molar-refractivity contribution in [2.75, 3.05) is 6.61 Å². The van der Waals surface area contributed by atoms with Gasteiger partial charge in [0, 0.05) is 12.0 Å². The zero-order valence-electron chi connectivity index (χ0n) is 6.98. The van der Waals surface area contributed by atoms with Gasteiger partial charge in [-0.2, -0.15) is 0 Å². The van der Waals surface area contributed by atoms with Gasteiger partial charge in [0.25, 0.3) is 0 Å². The molecule has 0 heterocycles. The van der Waals surface area contributed by atoms with Crippen molar-refractivity contribution in [3.05, 3.63) is 0 Å². The lowest BCUT2D eigenvalue weighted by atomic mass is 9.95. The van der Waals surface area contributed by atoms with Crippen molar-refractivity contribution in [3.63, 3.8) is 0 Å². The van der Waals surface area contributed by atoms with Gasteiger partial charge >= 0.3 is 0 Å². The average molecular weight is 193 g/mol. The lowest BCUT2D eigenvalue weighted by Gasteiger charge is -2.23. The fourth-order valence-corrected chi connectivity index (χ4v) is 1.72. The van der Waals surface area contributed by atoms with E-state index in [1.54, 1.807) is 0 Å². The lowest BCUT2D eigenvalue weighted by molar-refractivity contribution is -0.0497. The molecule has 0 aromatic rings. The maximum absolute atomic E-state index is 9.34. The van der Waals surface area contributed by atoms with Crippen LogP contribution in [0.4, 0.5) is 0 Å². The zero-order valence-corrected chi connectivity index (χ0v) is 6.98. The molecular weight excluding hydrogens is 178 g/mol. The van der Waals surface area contributed by atoms with Gasteiger partial charge in [-0.15, -0.1) is 0 Å². The van der Waals surface area contributed by atoms with Crippen LogP contribution in [0.25, 0.3) is 0 Å². The maximum atomic E-state index is 9.34. The minimum atomic E-state index is -1.36. The van der Waals surface area contributed by atoms with Crippen LogP contribution in [0.5, 0.6) is 0 Å². The second-order valence-corrected chi connectivity index (χ2v) is 3.38. The largest absolute Gasteiger partial charge is 0.394 e. The van der Waals surface area contributed by atoms with E-state index < -0.39 is 43.0 Å². The normalized spacial score (nSPS) is 48.0. The highest BCUT2D eigenvalue weighted by atomic mass is 16.4. The van der Waals surface area contributed by atoms with E-state index in [2.05, 4.69) is 0 Å². The summed E-state index contributed by atoms with van der Waals surface area (Å²) in [6.45, 7) is -0.561. The lowest BCUT2D eigenvalue weighted by Crippen LogP contribution is -2.44. The fourth-order valence-electron chi connectivity index (χ4n) is 1.72. The standard InChI is InChI=1S/C7H15NO5/c8-4-3(2(10)1-9)5(11)7(13)6(4)12/h2-7,9-13H,1,8H2/t2-,3-,4+,5+,6-,7-/m0/s1. The Morgan fingerprint density at radius 2 is 1.62 bits per heavy atom. The molecule has 0 bridgehead atoms. The summed E-state index contributed by atoms with van der Waals surface area (Å²) in [5.74, 6) is -0.894. The van der Waals surface area contributed by atoms with Crippen molar-refractivity contribution in [2.24, 2.45) is 11.7 Å². The molecule has 7 N–H and O–H groups in total. The summed E-state index contributed by atoms with van der Waals surface area (Å²) in [6.07, 6.45) is -5.15. The van der Waals surface area contributed by atoms with Gasteiger partial charge in [-0.25, -0.2) is 0 Å². The van der Waals surface area contributed by atoms with Gasteiger partial charge in [0.05, 0.1) is 24.9 Å². The fraction of sp³-hybridized carbons (Fsp3) is 1.00. The van der Waals surface area contributed by atoms with Crippen molar-refractivity contribution in [1.29, 1.82) is 0 Å². The molecular formula is C7H15NO5. The molecule has 0 radical (unpaired) electrons. The van der Waals surface area contributed by atoms with Gasteiger partial charge in [-0.1, -0.05) is 0 Å². The number of hydrogen-bond donors (Lipinski definition) is 6. The molecule has 6 heteroatoms. The third-order valence-corrected chi connectivity index (χ3v) is 2.56. The van der Waals surface area contributed by atoms with Gasteiger partial charge in [0.15, 0.2) is 0 Å². The van der Waals surface area contributed by atoms with Gasteiger partial charge in [-0.05, 0) is 0 Å². The molecule has 0 unspecified atom stereocenters. The minimum Gasteiger partial charge on any atom is -0.394 e. The molecule has 78 valence electrons. The first-order valence-corrected chi connectivity index (χ1v) is 4.09. The summed E-state index contributed by atoms with van der Waals surface area (Å²) < 4.78 is 0. The molecule has 0 aromatic heterocycles. The number of aliphatic hydroxyl groups is 5. The first kappa shape index (κ1) is 10.8. The summed E-state index contributed by atoms with van der Waals surface area (Å²) in [6, 6.07) is -0.924. The second-order valence-electron chi connectivity index (χ2n) is 3.38. The molecule has 0 amide bonds. The van der Waals surface area contributed by atoms with E-state index >= 15 is 0 Å². The van der Waals surface area contributed by atoms with Crippen LogP contribution in [-0.4, -0.2) is 62.6 Å². The van der Waals surface area contributed by atoms with Crippen molar-refractivity contribution in [1.82, 2.24) is 0 Å².